The average Bonchev–Trinajstić information content (AvgIpc) is 3.92. The van der Waals surface area contributed by atoms with Crippen LogP contribution in [0.25, 0.3) is 0 Å². The molecule has 520 valence electrons. The number of alkyl halides is 14. The molecule has 6 heterocycles. The van der Waals surface area contributed by atoms with Gasteiger partial charge in [0, 0.05) is 29.2 Å². The van der Waals surface area contributed by atoms with Crippen LogP contribution < -0.4 is 0 Å². The number of halogens is 15. The zero-order chi connectivity index (χ0) is 72.7. The molecule has 6 aromatic heterocycles. The number of hydrogen-bond donors (Lipinski definition) is 0. The van der Waals surface area contributed by atoms with Gasteiger partial charge in [-0.25, -0.2) is 26.3 Å². The first-order valence-electron chi connectivity index (χ1n) is 26.8. The van der Waals surface area contributed by atoms with Gasteiger partial charge in [-0.1, -0.05) is 130 Å². The lowest BCUT2D eigenvalue weighted by Gasteiger charge is -1.97. The summed E-state index contributed by atoms with van der Waals surface area (Å²) in [7, 11) is 5.91. The van der Waals surface area contributed by atoms with Gasteiger partial charge in [-0.05, 0) is 149 Å². The number of aromatic nitrogens is 4. The summed E-state index contributed by atoms with van der Waals surface area (Å²) in [5.41, 5.74) is 10.6. The quantitative estimate of drug-likeness (QED) is 0.165. The number of benzene rings is 4. The van der Waals surface area contributed by atoms with Gasteiger partial charge >= 0.3 is 0 Å². The van der Waals surface area contributed by atoms with Gasteiger partial charge in [-0.3, -0.25) is 39.8 Å². The summed E-state index contributed by atoms with van der Waals surface area (Å²) in [6.07, 6.45) is 6.91. The Morgan fingerprint density at radius 1 is 0.413 bits per heavy atom. The van der Waals surface area contributed by atoms with Crippen LogP contribution in [-0.4, -0.2) is 77.2 Å². The van der Waals surface area contributed by atoms with Crippen LogP contribution >= 0.6 is 22.7 Å². The Morgan fingerprint density at radius 2 is 0.804 bits per heavy atom. The molecule has 0 aliphatic carbocycles. The van der Waals surface area contributed by atoms with E-state index in [9.17, 15) is 65.9 Å². The Balaban J connectivity index is -0.000000139. The third-order valence-corrected chi connectivity index (χ3v) is 11.0. The minimum Gasteiger partial charge on any atom is -0.472 e. The molecule has 10 rings (SSSR count). The summed E-state index contributed by atoms with van der Waals surface area (Å²) >= 11 is 3.52. The second kappa shape index (κ2) is 75.7. The second-order valence-electron chi connectivity index (χ2n) is 16.8. The van der Waals surface area contributed by atoms with E-state index in [2.05, 4.69) is 58.4 Å². The highest BCUT2D eigenvalue weighted by Gasteiger charge is 2.05. The van der Waals surface area contributed by atoms with Gasteiger partial charge in [0.15, 0.2) is 0 Å². The molecule has 0 bridgehead atoms. The number of rotatable bonds is 4. The smallest absolute Gasteiger partial charge is 0.263 e. The monoisotopic (exact) mass is 1360 g/mol. The van der Waals surface area contributed by atoms with E-state index >= 15 is 0 Å². The lowest BCUT2D eigenvalue weighted by atomic mass is 10.2. The van der Waals surface area contributed by atoms with E-state index in [1.807, 2.05) is 110 Å². The zero-order valence-electron chi connectivity index (χ0n) is 56.1. The second-order valence-corrected chi connectivity index (χ2v) is 18.7. The molecule has 0 aliphatic rings. The molecule has 0 aliphatic heterocycles. The molecule has 0 saturated carbocycles. The van der Waals surface area contributed by atoms with Crippen LogP contribution in [0.4, 0.5) is 65.9 Å². The fourth-order valence-electron chi connectivity index (χ4n) is 5.09. The molecule has 0 saturated heterocycles. The molecule has 6 nitrogen and oxygen atoms in total. The SMILES string of the molecule is CF.CF.CF.CF.CF.CF.CF.CF.Cc1ccc(C(F)F)cc1.Cc1ccc(C(F)F)cc1.Cc1ccc(CF)cc1.Cc1ccc(CF)cc1.Cc1ccco1.Cc1cccs1.Cc1ccoc1.Cc1ccsc1.Cc1cnn(C)c1.Cc1cnn(F)c1. The van der Waals surface area contributed by atoms with Crippen LogP contribution in [-0.2, 0) is 20.4 Å². The summed E-state index contributed by atoms with van der Waals surface area (Å²) in [6.45, 7) is 18.9. The molecule has 0 unspecified atom stereocenters. The van der Waals surface area contributed by atoms with Gasteiger partial charge in [-0.2, -0.15) is 21.5 Å². The summed E-state index contributed by atoms with van der Waals surface area (Å²) in [5.74, 6) is 0.968. The molecule has 0 spiro atoms. The lowest BCUT2D eigenvalue weighted by Crippen LogP contribution is -1.83. The van der Waals surface area contributed by atoms with E-state index in [0.717, 1.165) is 33.6 Å². The molecule has 23 heteroatoms. The van der Waals surface area contributed by atoms with Gasteiger partial charge in [-0.15, -0.1) is 16.2 Å². The minimum absolute atomic E-state index is 0.0885. The number of furan rings is 2. The van der Waals surface area contributed by atoms with Crippen molar-refractivity contribution in [2.24, 2.45) is 7.05 Å². The van der Waals surface area contributed by atoms with Crippen LogP contribution in [0.3, 0.4) is 0 Å². The highest BCUT2D eigenvalue weighted by Crippen LogP contribution is 2.19. The van der Waals surface area contributed by atoms with Gasteiger partial charge in [0.05, 0.1) is 94.8 Å². The van der Waals surface area contributed by atoms with Crippen LogP contribution in [0.5, 0.6) is 0 Å². The molecular weight excluding hydrogens is 1270 g/mol. The maximum Gasteiger partial charge on any atom is 0.263 e. The molecule has 0 radical (unpaired) electrons. The average molecular weight is 1360 g/mol. The van der Waals surface area contributed by atoms with Crippen molar-refractivity contribution >= 4 is 22.7 Å². The van der Waals surface area contributed by atoms with Gasteiger partial charge in [0.2, 0.25) is 0 Å². The van der Waals surface area contributed by atoms with E-state index in [4.69, 9.17) is 8.83 Å². The van der Waals surface area contributed by atoms with E-state index < -0.39 is 12.9 Å². The van der Waals surface area contributed by atoms with Crippen molar-refractivity contribution in [2.45, 2.75) is 95.4 Å². The van der Waals surface area contributed by atoms with Crippen LogP contribution in [0.2, 0.25) is 0 Å². The van der Waals surface area contributed by atoms with Crippen molar-refractivity contribution in [1.29, 1.82) is 0 Å². The highest BCUT2D eigenvalue weighted by atomic mass is 32.1. The predicted molar refractivity (Wildman–Crippen MR) is 357 cm³/mol. The number of aryl methyl sites for hydroxylation is 11. The predicted octanol–water partition coefficient (Wildman–Crippen LogP) is 24.4. The summed E-state index contributed by atoms with van der Waals surface area (Å²) in [4.78, 5) is 1.67. The van der Waals surface area contributed by atoms with E-state index in [1.54, 1.807) is 102 Å². The van der Waals surface area contributed by atoms with Crippen molar-refractivity contribution in [1.82, 2.24) is 19.8 Å². The van der Waals surface area contributed by atoms with Crippen LogP contribution in [0.1, 0.15) is 90.2 Å². The lowest BCUT2D eigenvalue weighted by molar-refractivity contribution is 0.151. The number of hydrogen-bond acceptors (Lipinski definition) is 6. The normalized spacial score (nSPS) is 8.39. The summed E-state index contributed by atoms with van der Waals surface area (Å²) in [5, 5.41) is 13.5. The van der Waals surface area contributed by atoms with Gasteiger partial charge < -0.3 is 8.83 Å². The summed E-state index contributed by atoms with van der Waals surface area (Å²) in [6, 6.07) is 39.3. The topological polar surface area (TPSA) is 61.9 Å². The van der Waals surface area contributed by atoms with Gasteiger partial charge in [0.1, 0.15) is 19.1 Å². The van der Waals surface area contributed by atoms with Crippen molar-refractivity contribution in [3.05, 3.63) is 271 Å². The third kappa shape index (κ3) is 66.6. The number of thiophene rings is 2. The maximum atomic E-state index is 11.9. The zero-order valence-corrected chi connectivity index (χ0v) is 57.8. The molecule has 10 aromatic rings. The van der Waals surface area contributed by atoms with E-state index in [-0.39, 0.29) is 29.4 Å². The Kier molecular flexibility index (Phi) is 82.6. The Bertz CT molecular complexity index is 2560. The maximum absolute atomic E-state index is 11.9. The minimum atomic E-state index is -2.35. The fraction of sp³-hybridized carbons (Fsp3) is 0.333. The van der Waals surface area contributed by atoms with Crippen molar-refractivity contribution in [3.8, 4) is 0 Å². The first-order chi connectivity index (χ1) is 44.2. The van der Waals surface area contributed by atoms with E-state index in [0.29, 0.717) is 57.4 Å². The molecule has 4 aromatic carbocycles. The van der Waals surface area contributed by atoms with Gasteiger partial charge in [0.25, 0.3) is 12.9 Å². The highest BCUT2D eigenvalue weighted by molar-refractivity contribution is 7.09. The van der Waals surface area contributed by atoms with Crippen LogP contribution in [0, 0.1) is 69.2 Å². The molecule has 92 heavy (non-hydrogen) atoms. The van der Waals surface area contributed by atoms with Crippen molar-refractivity contribution < 1.29 is 74.8 Å². The van der Waals surface area contributed by atoms with E-state index in [1.165, 1.54) is 69.4 Å². The van der Waals surface area contributed by atoms with Crippen molar-refractivity contribution in [3.63, 3.8) is 0 Å². The Hall–Kier alpha value is -7.79. The number of nitrogens with zero attached hydrogens (tertiary/aromatic N) is 4. The summed E-state index contributed by atoms with van der Waals surface area (Å²) < 4.78 is 170. The molecule has 0 atom stereocenters. The largest absolute Gasteiger partial charge is 0.472 e. The molecule has 0 amide bonds. The fourth-order valence-corrected chi connectivity index (χ4v) is 6.28. The first kappa shape index (κ1) is 100. The molecular formula is C69H95F15N4O2S2. The Labute approximate surface area is 545 Å². The van der Waals surface area contributed by atoms with Crippen LogP contribution in [0.15, 0.2) is 202 Å². The van der Waals surface area contributed by atoms with Crippen molar-refractivity contribution in [2.75, 3.05) is 57.4 Å². The third-order valence-electron chi connectivity index (χ3n) is 9.38. The standard InChI is InChI=1S/2C8H8F2.2C8H9F.C5H8N2.2C5H6O.2C5H6S.C4H5FN2.8CH3F/c2*1-6-2-4-7(5-3-6)8(9)10;2*1-7-2-4-8(6-9)5-3-7;1-5-3-6-7(2)4-5;1-5-2-3-6-4-5;1-5-3-2-4-6-5;1-5-2-3-6-4-5;1-5-3-2-4-6-5;1-4-2-6-7(5)3-4;8*1-2/h2*2-5,8H,1H3;2*2-5H,6H2,1H3;3-4H,1-2H3;4*2-4H,1H3;2-3H,1H3;8*1H3. The Morgan fingerprint density at radius 3 is 0.946 bits per heavy atom. The molecule has 0 fully saturated rings. The first-order valence-corrected chi connectivity index (χ1v) is 28.6. The molecule has 0 N–H and O–H groups in total.